The van der Waals surface area contributed by atoms with Gasteiger partial charge in [-0.1, -0.05) is 6.42 Å². The standard InChI is InChI=1S/C23H23N3O4S/c27-21(25-10-7-19-16(13-25)8-11-31-19)14-30-23(29)15-5-6-17-18(12-15)24-20-4-2-1-3-9-26(20)22(17)28/h5-6,8,11-12H,1-4,7,9-10,13-14H2. The first-order valence-corrected chi connectivity index (χ1v) is 11.5. The minimum absolute atomic E-state index is 0.0603. The number of fused-ring (bicyclic) bond motifs is 3. The molecule has 0 aliphatic carbocycles. The van der Waals surface area contributed by atoms with Crippen molar-refractivity contribution < 1.29 is 14.3 Å². The summed E-state index contributed by atoms with van der Waals surface area (Å²) in [5.74, 6) is -0.0124. The monoisotopic (exact) mass is 437 g/mol. The largest absolute Gasteiger partial charge is 0.452 e. The van der Waals surface area contributed by atoms with Crippen LogP contribution in [-0.4, -0.2) is 39.5 Å². The van der Waals surface area contributed by atoms with E-state index in [-0.39, 0.29) is 18.1 Å². The van der Waals surface area contributed by atoms with Gasteiger partial charge in [-0.3, -0.25) is 14.2 Å². The molecule has 0 radical (unpaired) electrons. The average Bonchev–Trinajstić information content (AvgIpc) is 3.13. The zero-order valence-electron chi connectivity index (χ0n) is 17.1. The summed E-state index contributed by atoms with van der Waals surface area (Å²) in [5.41, 5.74) is 1.90. The van der Waals surface area contributed by atoms with Gasteiger partial charge in [0.1, 0.15) is 5.82 Å². The SMILES string of the molecule is O=C(OCC(=O)N1CCc2sccc2C1)c1ccc2c(=O)n3c(nc2c1)CCCCC3. The second kappa shape index (κ2) is 8.26. The minimum Gasteiger partial charge on any atom is -0.452 e. The van der Waals surface area contributed by atoms with Crippen LogP contribution in [0, 0.1) is 0 Å². The van der Waals surface area contributed by atoms with Gasteiger partial charge in [0, 0.05) is 30.9 Å². The van der Waals surface area contributed by atoms with Gasteiger partial charge in [0.25, 0.3) is 11.5 Å². The maximum atomic E-state index is 12.8. The van der Waals surface area contributed by atoms with Gasteiger partial charge < -0.3 is 9.64 Å². The Bertz CT molecular complexity index is 1230. The molecule has 2 aromatic heterocycles. The third-order valence-corrected chi connectivity index (χ3v) is 7.06. The highest BCUT2D eigenvalue weighted by molar-refractivity contribution is 7.10. The van der Waals surface area contributed by atoms with Crippen LogP contribution in [-0.2, 0) is 35.5 Å². The Hall–Kier alpha value is -3.00. The lowest BCUT2D eigenvalue weighted by Crippen LogP contribution is -2.38. The van der Waals surface area contributed by atoms with E-state index in [0.29, 0.717) is 36.1 Å². The Kier molecular flexibility index (Phi) is 5.31. The maximum absolute atomic E-state index is 12.8. The molecule has 3 aromatic rings. The summed E-state index contributed by atoms with van der Waals surface area (Å²) in [7, 11) is 0. The van der Waals surface area contributed by atoms with Gasteiger partial charge in [0.15, 0.2) is 6.61 Å². The van der Waals surface area contributed by atoms with Crippen molar-refractivity contribution in [3.63, 3.8) is 0 Å². The lowest BCUT2D eigenvalue weighted by atomic mass is 10.1. The molecule has 0 fully saturated rings. The number of carbonyl (C=O) groups is 2. The fraction of sp³-hybridized carbons (Fsp3) is 0.391. The Balaban J connectivity index is 1.30. The number of aromatic nitrogens is 2. The predicted molar refractivity (Wildman–Crippen MR) is 117 cm³/mol. The molecule has 7 nitrogen and oxygen atoms in total. The van der Waals surface area contributed by atoms with E-state index in [4.69, 9.17) is 4.74 Å². The Morgan fingerprint density at radius 1 is 1.10 bits per heavy atom. The maximum Gasteiger partial charge on any atom is 0.338 e. The first kappa shape index (κ1) is 19.9. The van der Waals surface area contributed by atoms with Crippen LogP contribution in [0.15, 0.2) is 34.4 Å². The third-order valence-electron chi connectivity index (χ3n) is 6.04. The van der Waals surface area contributed by atoms with Gasteiger partial charge in [-0.25, -0.2) is 9.78 Å². The van der Waals surface area contributed by atoms with Crippen LogP contribution >= 0.6 is 11.3 Å². The number of carbonyl (C=O) groups excluding carboxylic acids is 2. The molecule has 31 heavy (non-hydrogen) atoms. The van der Waals surface area contributed by atoms with Gasteiger partial charge in [0.05, 0.1) is 16.5 Å². The lowest BCUT2D eigenvalue weighted by Gasteiger charge is -2.26. The van der Waals surface area contributed by atoms with Crippen molar-refractivity contribution >= 4 is 34.1 Å². The van der Waals surface area contributed by atoms with Crippen LogP contribution in [0.1, 0.15) is 45.9 Å². The lowest BCUT2D eigenvalue weighted by molar-refractivity contribution is -0.135. The average molecular weight is 438 g/mol. The van der Waals surface area contributed by atoms with Gasteiger partial charge in [-0.15, -0.1) is 11.3 Å². The molecule has 0 bridgehead atoms. The van der Waals surface area contributed by atoms with Gasteiger partial charge in [-0.2, -0.15) is 0 Å². The van der Waals surface area contributed by atoms with Crippen LogP contribution in [0.4, 0.5) is 0 Å². The molecule has 0 spiro atoms. The fourth-order valence-corrected chi connectivity index (χ4v) is 5.20. The van der Waals surface area contributed by atoms with Crippen molar-refractivity contribution in [1.29, 1.82) is 0 Å². The molecule has 2 aliphatic heterocycles. The number of amides is 1. The summed E-state index contributed by atoms with van der Waals surface area (Å²) in [5, 5.41) is 2.54. The molecule has 1 aromatic carbocycles. The molecule has 0 atom stereocenters. The number of rotatable bonds is 3. The number of thiophene rings is 1. The third kappa shape index (κ3) is 3.87. The van der Waals surface area contributed by atoms with Crippen molar-refractivity contribution in [2.75, 3.05) is 13.2 Å². The Morgan fingerprint density at radius 2 is 2.00 bits per heavy atom. The van der Waals surface area contributed by atoms with Crippen LogP contribution in [0.5, 0.6) is 0 Å². The molecule has 4 heterocycles. The topological polar surface area (TPSA) is 81.5 Å². The molecule has 0 saturated heterocycles. The quantitative estimate of drug-likeness (QED) is 0.589. The number of hydrogen-bond acceptors (Lipinski definition) is 6. The zero-order chi connectivity index (χ0) is 21.4. The minimum atomic E-state index is -0.583. The second-order valence-electron chi connectivity index (χ2n) is 8.04. The molecule has 1 amide bonds. The van der Waals surface area contributed by atoms with Gasteiger partial charge >= 0.3 is 5.97 Å². The Morgan fingerprint density at radius 3 is 2.90 bits per heavy atom. The van der Waals surface area contributed by atoms with E-state index in [2.05, 4.69) is 4.98 Å². The summed E-state index contributed by atoms with van der Waals surface area (Å²) >= 11 is 1.71. The Labute approximate surface area is 183 Å². The van der Waals surface area contributed by atoms with Crippen LogP contribution < -0.4 is 5.56 Å². The van der Waals surface area contributed by atoms with Crippen LogP contribution in [0.2, 0.25) is 0 Å². The molecule has 0 unspecified atom stereocenters. The first-order chi connectivity index (χ1) is 15.1. The number of benzene rings is 1. The predicted octanol–water partition coefficient (Wildman–Crippen LogP) is 2.93. The molecule has 2 aliphatic rings. The number of hydrogen-bond donors (Lipinski definition) is 0. The first-order valence-electron chi connectivity index (χ1n) is 10.6. The van der Waals surface area contributed by atoms with E-state index in [1.807, 2.05) is 11.4 Å². The van der Waals surface area contributed by atoms with Crippen molar-refractivity contribution in [1.82, 2.24) is 14.5 Å². The molecule has 0 saturated carbocycles. The second-order valence-corrected chi connectivity index (χ2v) is 9.04. The van der Waals surface area contributed by atoms with E-state index < -0.39 is 5.97 Å². The van der Waals surface area contributed by atoms with E-state index in [0.717, 1.165) is 37.9 Å². The van der Waals surface area contributed by atoms with Crippen molar-refractivity contribution in [3.05, 3.63) is 61.8 Å². The molecule has 8 heteroatoms. The van der Waals surface area contributed by atoms with Crippen molar-refractivity contribution in [2.45, 2.75) is 45.2 Å². The number of ether oxygens (including phenoxy) is 1. The van der Waals surface area contributed by atoms with E-state index in [1.54, 1.807) is 39.0 Å². The summed E-state index contributed by atoms with van der Waals surface area (Å²) in [4.78, 5) is 45.6. The normalized spacial score (nSPS) is 15.8. The molecule has 5 rings (SSSR count). The smallest absolute Gasteiger partial charge is 0.338 e. The molecule has 0 N–H and O–H groups in total. The van der Waals surface area contributed by atoms with Gasteiger partial charge in [-0.05, 0) is 54.5 Å². The number of aryl methyl sites for hydroxylation is 1. The molecule has 160 valence electrons. The summed E-state index contributed by atoms with van der Waals surface area (Å²) in [6.07, 6.45) is 4.66. The van der Waals surface area contributed by atoms with E-state index >= 15 is 0 Å². The van der Waals surface area contributed by atoms with E-state index in [1.165, 1.54) is 10.4 Å². The zero-order valence-corrected chi connectivity index (χ0v) is 18.0. The van der Waals surface area contributed by atoms with Crippen LogP contribution in [0.3, 0.4) is 0 Å². The van der Waals surface area contributed by atoms with Crippen molar-refractivity contribution in [3.8, 4) is 0 Å². The van der Waals surface area contributed by atoms with E-state index in [9.17, 15) is 14.4 Å². The molecular weight excluding hydrogens is 414 g/mol. The van der Waals surface area contributed by atoms with Gasteiger partial charge in [0.2, 0.25) is 0 Å². The molecular formula is C23H23N3O4S. The summed E-state index contributed by atoms with van der Waals surface area (Å²) in [6.45, 7) is 1.59. The summed E-state index contributed by atoms with van der Waals surface area (Å²) < 4.78 is 7.04. The highest BCUT2D eigenvalue weighted by Gasteiger charge is 2.23. The fourth-order valence-electron chi connectivity index (χ4n) is 4.31. The highest BCUT2D eigenvalue weighted by Crippen LogP contribution is 2.24. The summed E-state index contributed by atoms with van der Waals surface area (Å²) in [6, 6.07) is 6.83. The van der Waals surface area contributed by atoms with Crippen molar-refractivity contribution in [2.24, 2.45) is 0 Å². The highest BCUT2D eigenvalue weighted by atomic mass is 32.1. The number of nitrogens with zero attached hydrogens (tertiary/aromatic N) is 3. The number of esters is 1. The van der Waals surface area contributed by atoms with Crippen LogP contribution in [0.25, 0.3) is 10.9 Å².